The van der Waals surface area contributed by atoms with Crippen LogP contribution >= 0.6 is 11.8 Å². The van der Waals surface area contributed by atoms with Gasteiger partial charge in [-0.1, -0.05) is 11.8 Å². The third-order valence-electron chi connectivity index (χ3n) is 1.88. The van der Waals surface area contributed by atoms with Gasteiger partial charge >= 0.3 is 0 Å². The molecule has 0 aliphatic rings. The van der Waals surface area contributed by atoms with E-state index in [1.165, 1.54) is 0 Å². The lowest BCUT2D eigenvalue weighted by Gasteiger charge is -2.00. The fourth-order valence-electron chi connectivity index (χ4n) is 1.16. The number of carbonyl (C=O) groups is 1. The van der Waals surface area contributed by atoms with Crippen LogP contribution in [0.5, 0.6) is 0 Å². The summed E-state index contributed by atoms with van der Waals surface area (Å²) in [7, 11) is 0. The highest BCUT2D eigenvalue weighted by Crippen LogP contribution is 2.15. The predicted octanol–water partition coefficient (Wildman–Crippen LogP) is 0.339. The molecule has 2 rings (SSSR count). The van der Waals surface area contributed by atoms with E-state index in [2.05, 4.69) is 19.9 Å². The van der Waals surface area contributed by atoms with E-state index in [1.807, 2.05) is 0 Å². The highest BCUT2D eigenvalue weighted by Gasteiger charge is 2.09. The second-order valence-electron chi connectivity index (χ2n) is 3.13. The molecular formula is C9H10N6OS. The molecule has 88 valence electrons. The number of hydrogen-bond donors (Lipinski definition) is 3. The van der Waals surface area contributed by atoms with Crippen molar-refractivity contribution < 1.29 is 4.79 Å². The van der Waals surface area contributed by atoms with Gasteiger partial charge in [0, 0.05) is 6.20 Å². The summed E-state index contributed by atoms with van der Waals surface area (Å²) < 4.78 is 0. The molecule has 0 unspecified atom stereocenters. The molecule has 2 aromatic rings. The van der Waals surface area contributed by atoms with Crippen molar-refractivity contribution in [2.45, 2.75) is 5.16 Å². The van der Waals surface area contributed by atoms with E-state index >= 15 is 0 Å². The summed E-state index contributed by atoms with van der Waals surface area (Å²) in [5.41, 5.74) is 11.4. The van der Waals surface area contributed by atoms with Gasteiger partial charge in [-0.15, -0.1) is 0 Å². The van der Waals surface area contributed by atoms with E-state index in [-0.39, 0.29) is 23.4 Å². The van der Waals surface area contributed by atoms with E-state index in [0.29, 0.717) is 10.9 Å². The van der Waals surface area contributed by atoms with Crippen LogP contribution < -0.4 is 11.5 Å². The molecule has 0 fully saturated rings. The molecule has 0 atom stereocenters. The van der Waals surface area contributed by atoms with Crippen molar-refractivity contribution in [3.05, 3.63) is 24.0 Å². The molecule has 0 aliphatic carbocycles. The Morgan fingerprint density at radius 3 is 2.59 bits per heavy atom. The van der Waals surface area contributed by atoms with Crippen molar-refractivity contribution in [2.75, 3.05) is 17.2 Å². The zero-order valence-electron chi connectivity index (χ0n) is 8.75. The summed E-state index contributed by atoms with van der Waals surface area (Å²) in [6.45, 7) is 0. The van der Waals surface area contributed by atoms with Gasteiger partial charge in [-0.25, -0.2) is 0 Å². The minimum Gasteiger partial charge on any atom is -0.368 e. The van der Waals surface area contributed by atoms with Crippen LogP contribution in [0.15, 0.2) is 23.5 Å². The summed E-state index contributed by atoms with van der Waals surface area (Å²) in [6, 6.07) is 3.47. The molecule has 2 aromatic heterocycles. The number of carbonyl (C=O) groups excluding carboxylic acids is 1. The number of nitrogens with one attached hydrogen (secondary N) is 1. The van der Waals surface area contributed by atoms with Crippen LogP contribution in [0.4, 0.5) is 11.9 Å². The van der Waals surface area contributed by atoms with Gasteiger partial charge in [0.15, 0.2) is 10.9 Å². The number of Topliss-reactive ketones (excluding diaryl/α,β-unsaturated/α-hetero) is 1. The lowest BCUT2D eigenvalue weighted by molar-refractivity contribution is 0.101. The Balaban J connectivity index is 2.00. The van der Waals surface area contributed by atoms with Gasteiger partial charge in [-0.2, -0.15) is 15.0 Å². The lowest BCUT2D eigenvalue weighted by atomic mass is 10.3. The molecule has 0 spiro atoms. The van der Waals surface area contributed by atoms with Crippen LogP contribution in [0.25, 0.3) is 0 Å². The van der Waals surface area contributed by atoms with E-state index in [4.69, 9.17) is 11.5 Å². The topological polar surface area (TPSA) is 124 Å². The number of H-pyrrole nitrogens is 1. The number of aromatic amines is 1. The zero-order chi connectivity index (χ0) is 12.3. The summed E-state index contributed by atoms with van der Waals surface area (Å²) in [5.74, 6) is 0.265. The van der Waals surface area contributed by atoms with Crippen LogP contribution in [-0.4, -0.2) is 31.5 Å². The molecule has 0 radical (unpaired) electrons. The minimum absolute atomic E-state index is 0.0439. The van der Waals surface area contributed by atoms with Crippen molar-refractivity contribution in [2.24, 2.45) is 0 Å². The summed E-state index contributed by atoms with van der Waals surface area (Å²) in [4.78, 5) is 25.9. The Hall–Kier alpha value is -2.09. The molecule has 0 saturated heterocycles. The quantitative estimate of drug-likeness (QED) is 0.528. The van der Waals surface area contributed by atoms with Crippen molar-refractivity contribution in [1.29, 1.82) is 0 Å². The van der Waals surface area contributed by atoms with Crippen molar-refractivity contribution in [3.8, 4) is 0 Å². The number of nitrogens with zero attached hydrogens (tertiary/aromatic N) is 3. The number of hydrogen-bond acceptors (Lipinski definition) is 7. The molecule has 0 bridgehead atoms. The van der Waals surface area contributed by atoms with Crippen LogP contribution in [0, 0.1) is 0 Å². The molecule has 0 saturated carbocycles. The smallest absolute Gasteiger partial charge is 0.225 e. The largest absolute Gasteiger partial charge is 0.368 e. The van der Waals surface area contributed by atoms with E-state index in [0.717, 1.165) is 11.8 Å². The highest BCUT2D eigenvalue weighted by molar-refractivity contribution is 7.99. The first kappa shape index (κ1) is 11.4. The number of rotatable bonds is 4. The van der Waals surface area contributed by atoms with Crippen LogP contribution in [0.2, 0.25) is 0 Å². The van der Waals surface area contributed by atoms with Crippen LogP contribution in [0.3, 0.4) is 0 Å². The second-order valence-corrected chi connectivity index (χ2v) is 4.07. The third kappa shape index (κ3) is 2.94. The van der Waals surface area contributed by atoms with Gasteiger partial charge in [0.2, 0.25) is 11.9 Å². The number of ketones is 1. The molecule has 17 heavy (non-hydrogen) atoms. The van der Waals surface area contributed by atoms with E-state index in [9.17, 15) is 4.79 Å². The summed E-state index contributed by atoms with van der Waals surface area (Å²) in [6.07, 6.45) is 1.69. The fourth-order valence-corrected chi connectivity index (χ4v) is 1.90. The predicted molar refractivity (Wildman–Crippen MR) is 64.5 cm³/mol. The van der Waals surface area contributed by atoms with Crippen molar-refractivity contribution in [1.82, 2.24) is 19.9 Å². The Morgan fingerprint density at radius 2 is 2.00 bits per heavy atom. The maximum Gasteiger partial charge on any atom is 0.225 e. The first-order valence-electron chi connectivity index (χ1n) is 4.71. The molecule has 2 heterocycles. The fraction of sp³-hybridized carbons (Fsp3) is 0.111. The van der Waals surface area contributed by atoms with Crippen molar-refractivity contribution in [3.63, 3.8) is 0 Å². The summed E-state index contributed by atoms with van der Waals surface area (Å²) >= 11 is 1.16. The number of aromatic nitrogens is 4. The number of nitrogen functional groups attached to an aromatic ring is 2. The number of thioether (sulfide) groups is 1. The maximum absolute atomic E-state index is 11.7. The van der Waals surface area contributed by atoms with Crippen LogP contribution in [-0.2, 0) is 0 Å². The number of nitrogens with two attached hydrogens (primary N) is 2. The Bertz CT molecular complexity index is 506. The lowest BCUT2D eigenvalue weighted by Crippen LogP contribution is -2.06. The van der Waals surface area contributed by atoms with Gasteiger partial charge in [-0.3, -0.25) is 4.79 Å². The van der Waals surface area contributed by atoms with Gasteiger partial charge in [0.1, 0.15) is 0 Å². The molecule has 0 aliphatic heterocycles. The standard InChI is InChI=1S/C9H10N6OS/c10-7-13-8(11)15-9(14-7)17-4-6(16)5-2-1-3-12-5/h1-3,12H,4H2,(H4,10,11,13,14,15). The van der Waals surface area contributed by atoms with Gasteiger partial charge < -0.3 is 16.5 Å². The van der Waals surface area contributed by atoms with E-state index in [1.54, 1.807) is 18.3 Å². The molecule has 8 heteroatoms. The Labute approximate surface area is 101 Å². The Kier molecular flexibility index (Phi) is 3.24. The van der Waals surface area contributed by atoms with Gasteiger partial charge in [0.25, 0.3) is 0 Å². The first-order chi connectivity index (χ1) is 8.15. The monoisotopic (exact) mass is 250 g/mol. The second kappa shape index (κ2) is 4.83. The normalized spacial score (nSPS) is 10.4. The van der Waals surface area contributed by atoms with Crippen LogP contribution in [0.1, 0.15) is 10.5 Å². The zero-order valence-corrected chi connectivity index (χ0v) is 9.57. The Morgan fingerprint density at radius 1 is 1.29 bits per heavy atom. The van der Waals surface area contributed by atoms with Crippen molar-refractivity contribution >= 4 is 29.4 Å². The van der Waals surface area contributed by atoms with E-state index < -0.39 is 0 Å². The van der Waals surface area contributed by atoms with Gasteiger partial charge in [-0.05, 0) is 12.1 Å². The maximum atomic E-state index is 11.7. The molecule has 0 aromatic carbocycles. The average Bonchev–Trinajstić information content (AvgIpc) is 2.78. The first-order valence-corrected chi connectivity index (χ1v) is 5.70. The molecule has 5 N–H and O–H groups in total. The third-order valence-corrected chi connectivity index (χ3v) is 2.73. The SMILES string of the molecule is Nc1nc(N)nc(SCC(=O)c2ccc[nH]2)n1. The van der Waals surface area contributed by atoms with Gasteiger partial charge in [0.05, 0.1) is 11.4 Å². The minimum atomic E-state index is -0.0439. The molecule has 0 amide bonds. The highest BCUT2D eigenvalue weighted by atomic mass is 32.2. The average molecular weight is 250 g/mol. The number of anilines is 2. The molecular weight excluding hydrogens is 240 g/mol. The summed E-state index contributed by atoms with van der Waals surface area (Å²) in [5, 5.41) is 0.343. The molecule has 7 nitrogen and oxygen atoms in total.